The molecule has 0 heterocycles. The van der Waals surface area contributed by atoms with Crippen LogP contribution in [0.15, 0.2) is 40.6 Å². The van der Waals surface area contributed by atoms with Gasteiger partial charge in [-0.15, -0.1) is 0 Å². The molecule has 28 heavy (non-hydrogen) atoms. The molecule has 1 atom stereocenters. The van der Waals surface area contributed by atoms with Gasteiger partial charge in [-0.1, -0.05) is 17.3 Å². The molecule has 0 aliphatic rings. The van der Waals surface area contributed by atoms with Gasteiger partial charge in [0.25, 0.3) is 0 Å². The van der Waals surface area contributed by atoms with Gasteiger partial charge in [0.1, 0.15) is 27.9 Å². The molecule has 0 aliphatic heterocycles. The minimum Gasteiger partial charge on any atom is -0.486 e. The Balaban J connectivity index is 2.97. The first-order valence-corrected chi connectivity index (χ1v) is 11.4. The second-order valence-corrected chi connectivity index (χ2v) is 9.88. The molecule has 0 saturated heterocycles. The van der Waals surface area contributed by atoms with E-state index in [9.17, 15) is 9.59 Å². The third-order valence-electron chi connectivity index (χ3n) is 4.14. The van der Waals surface area contributed by atoms with Crippen LogP contribution in [0.4, 0.5) is 0 Å². The Morgan fingerprint density at radius 1 is 1.07 bits per heavy atom. The zero-order chi connectivity index (χ0) is 21.1. The molecule has 1 aromatic rings. The predicted octanol–water partition coefficient (Wildman–Crippen LogP) is 1.64. The van der Waals surface area contributed by atoms with Crippen LogP contribution in [0.5, 0.6) is 5.75 Å². The van der Waals surface area contributed by atoms with Crippen molar-refractivity contribution in [3.05, 3.63) is 46.2 Å². The first-order valence-electron chi connectivity index (χ1n) is 9.31. The first-order chi connectivity index (χ1) is 13.3. The van der Waals surface area contributed by atoms with Gasteiger partial charge in [0.05, 0.1) is 13.2 Å². The lowest BCUT2D eigenvalue weighted by Gasteiger charge is -2.18. The van der Waals surface area contributed by atoms with E-state index in [2.05, 4.69) is 13.8 Å². The highest BCUT2D eigenvalue weighted by molar-refractivity contribution is 6.43. The van der Waals surface area contributed by atoms with Crippen molar-refractivity contribution in [2.45, 2.75) is 40.7 Å². The molecule has 1 rings (SSSR count). The number of benzene rings is 1. The first kappa shape index (κ1) is 23.9. The maximum atomic E-state index is 12.0. The van der Waals surface area contributed by atoms with Gasteiger partial charge in [-0.05, 0) is 64.0 Å². The fourth-order valence-corrected chi connectivity index (χ4v) is 4.65. The lowest BCUT2D eigenvalue weighted by atomic mass is 10.1. The third kappa shape index (κ3) is 7.45. The fraction of sp³-hybridized carbons (Fsp3) is 0.400. The summed E-state index contributed by atoms with van der Waals surface area (Å²) in [6, 6.07) is 7.17. The monoisotopic (exact) mass is 422 g/mol. The minimum absolute atomic E-state index is 0.0552. The van der Waals surface area contributed by atoms with E-state index in [1.807, 2.05) is 6.92 Å². The molecular weight excluding hydrogens is 392 g/mol. The molecule has 6 nitrogen and oxygen atoms in total. The Morgan fingerprint density at radius 2 is 1.61 bits per heavy atom. The maximum Gasteiger partial charge on any atom is 0.345 e. The van der Waals surface area contributed by atoms with E-state index in [4.69, 9.17) is 18.3 Å². The highest BCUT2D eigenvalue weighted by Gasteiger charge is 2.21. The summed E-state index contributed by atoms with van der Waals surface area (Å²) in [7, 11) is 0.155. The summed E-state index contributed by atoms with van der Waals surface area (Å²) < 4.78 is 21.3. The number of esters is 2. The lowest BCUT2D eigenvalue weighted by molar-refractivity contribution is -0.146. The normalized spacial score (nSPS) is 13.0. The van der Waals surface area contributed by atoms with Crippen LogP contribution in [0.1, 0.15) is 40.2 Å². The molecule has 154 valence electrons. The second-order valence-electron chi connectivity index (χ2n) is 6.22. The number of ether oxygens (including phenoxy) is 3. The molecule has 1 unspecified atom stereocenters. The molecule has 1 aromatic carbocycles. The van der Waals surface area contributed by atoms with Gasteiger partial charge < -0.3 is 18.3 Å². The molecule has 0 spiro atoms. The van der Waals surface area contributed by atoms with Crippen LogP contribution >= 0.6 is 0 Å². The van der Waals surface area contributed by atoms with Crippen LogP contribution < -0.4 is 4.74 Å². The van der Waals surface area contributed by atoms with Gasteiger partial charge in [0, 0.05) is 0 Å². The van der Waals surface area contributed by atoms with Gasteiger partial charge >= 0.3 is 11.9 Å². The van der Waals surface area contributed by atoms with Crippen LogP contribution in [-0.2, 0) is 23.2 Å². The topological polar surface area (TPSA) is 71.1 Å². The lowest BCUT2D eigenvalue weighted by Crippen LogP contribution is -2.18. The van der Waals surface area contributed by atoms with E-state index in [0.29, 0.717) is 11.3 Å². The van der Waals surface area contributed by atoms with Crippen LogP contribution in [0.2, 0.25) is 0 Å². The highest BCUT2D eigenvalue weighted by Crippen LogP contribution is 2.20. The summed E-state index contributed by atoms with van der Waals surface area (Å²) in [5.41, 5.74) is 1.74. The number of hydrogen-bond acceptors (Lipinski definition) is 6. The number of hydrogen-bond donors (Lipinski definition) is 0. The maximum absolute atomic E-state index is 12.0. The average Bonchev–Trinajstić information content (AvgIpc) is 2.67. The number of carbonyl (C=O) groups is 2. The average molecular weight is 423 g/mol. The number of allylic oxidation sites excluding steroid dienone is 1. The van der Waals surface area contributed by atoms with Gasteiger partial charge in [-0.25, -0.2) is 9.59 Å². The summed E-state index contributed by atoms with van der Waals surface area (Å²) in [5, 5.41) is 1.30. The van der Waals surface area contributed by atoms with E-state index in [0.717, 1.165) is 10.5 Å². The molecule has 0 amide bonds. The van der Waals surface area contributed by atoms with E-state index < -0.39 is 21.7 Å². The second kappa shape index (κ2) is 12.3. The molecule has 0 N–H and O–H groups in total. The molecule has 0 radical (unpaired) electrons. The van der Waals surface area contributed by atoms with Crippen LogP contribution in [0.25, 0.3) is 6.08 Å². The van der Waals surface area contributed by atoms with Crippen molar-refractivity contribution >= 4 is 38.3 Å². The quantitative estimate of drug-likeness (QED) is 0.188. The van der Waals surface area contributed by atoms with Crippen molar-refractivity contribution in [3.63, 3.8) is 0 Å². The van der Waals surface area contributed by atoms with Gasteiger partial charge in [-0.3, -0.25) is 0 Å². The number of carbonyl (C=O) groups excluding carboxylic acids is 2. The van der Waals surface area contributed by atoms with Crippen molar-refractivity contribution in [1.29, 1.82) is 0 Å². The highest BCUT2D eigenvalue weighted by atomic mass is 28.3. The van der Waals surface area contributed by atoms with Gasteiger partial charge in [0.15, 0.2) is 9.76 Å². The summed E-state index contributed by atoms with van der Waals surface area (Å²) in [5.74, 6) is -0.688. The Bertz CT molecular complexity index is 705. The molecule has 0 fully saturated rings. The minimum atomic E-state index is -0.698. The van der Waals surface area contributed by atoms with E-state index in [1.165, 1.54) is 16.8 Å². The van der Waals surface area contributed by atoms with Crippen molar-refractivity contribution in [3.8, 4) is 5.75 Å². The standard InChI is InChI=1S/C20H30O6Si2/c1-6-23-19(21)18(20(22)24-7-2)12-16-8-10-17(11-9-16)25-14(4)13(3)15(5)28-26-27/h8-12,14H,6-7,28H2,1-5,27H3. The molecule has 8 heteroatoms. The molecule has 0 aliphatic carbocycles. The van der Waals surface area contributed by atoms with Crippen molar-refractivity contribution in [2.75, 3.05) is 13.2 Å². The largest absolute Gasteiger partial charge is 0.486 e. The van der Waals surface area contributed by atoms with E-state index >= 15 is 0 Å². The molecule has 0 aromatic heterocycles. The summed E-state index contributed by atoms with van der Waals surface area (Å²) in [6.07, 6.45) is 1.41. The number of rotatable bonds is 10. The van der Waals surface area contributed by atoms with Gasteiger partial charge in [-0.2, -0.15) is 0 Å². The Morgan fingerprint density at radius 3 is 2.07 bits per heavy atom. The fourth-order valence-electron chi connectivity index (χ4n) is 2.40. The van der Waals surface area contributed by atoms with Crippen LogP contribution in [0, 0.1) is 0 Å². The zero-order valence-electron chi connectivity index (χ0n) is 17.5. The molecule has 0 saturated carbocycles. The van der Waals surface area contributed by atoms with E-state index in [1.54, 1.807) is 38.1 Å². The summed E-state index contributed by atoms with van der Waals surface area (Å²) in [6.45, 7) is 9.90. The summed E-state index contributed by atoms with van der Waals surface area (Å²) in [4.78, 5) is 24.1. The Labute approximate surface area is 172 Å². The van der Waals surface area contributed by atoms with Crippen molar-refractivity contribution in [1.82, 2.24) is 0 Å². The Kier molecular flexibility index (Phi) is 10.5. The van der Waals surface area contributed by atoms with Crippen molar-refractivity contribution < 1.29 is 27.9 Å². The smallest absolute Gasteiger partial charge is 0.345 e. The predicted molar refractivity (Wildman–Crippen MR) is 116 cm³/mol. The summed E-state index contributed by atoms with van der Waals surface area (Å²) >= 11 is 0. The van der Waals surface area contributed by atoms with Crippen molar-refractivity contribution in [2.24, 2.45) is 0 Å². The third-order valence-corrected chi connectivity index (χ3v) is 6.28. The SMILES string of the molecule is CCOC(=O)C(=Cc1ccc(OC(C)C(C)=C(C)[SiH2]O[SiH3])cc1)C(=O)OCC. The van der Waals surface area contributed by atoms with Crippen LogP contribution in [0.3, 0.4) is 0 Å². The van der Waals surface area contributed by atoms with E-state index in [-0.39, 0.29) is 24.9 Å². The van der Waals surface area contributed by atoms with Gasteiger partial charge in [0.2, 0.25) is 0 Å². The molecule has 0 bridgehead atoms. The zero-order valence-corrected chi connectivity index (χ0v) is 20.9. The Hall–Kier alpha value is -2.17. The molecular formula is C20H30O6Si2. The van der Waals surface area contributed by atoms with Crippen LogP contribution in [-0.4, -0.2) is 51.5 Å².